The van der Waals surface area contributed by atoms with Gasteiger partial charge in [-0.2, -0.15) is 4.98 Å². The molecule has 94 valence electrons. The van der Waals surface area contributed by atoms with Gasteiger partial charge in [0, 0.05) is 18.5 Å². The quantitative estimate of drug-likeness (QED) is 0.641. The summed E-state index contributed by atoms with van der Waals surface area (Å²) in [6.45, 7) is 2.20. The number of nitrogens with one attached hydrogen (secondary N) is 1. The number of nitro benzene ring substituents is 1. The maximum atomic E-state index is 11.0. The van der Waals surface area contributed by atoms with Crippen LogP contribution in [0.2, 0.25) is 0 Å². The van der Waals surface area contributed by atoms with E-state index in [4.69, 9.17) is 4.52 Å². The van der Waals surface area contributed by atoms with E-state index in [9.17, 15) is 10.1 Å². The summed E-state index contributed by atoms with van der Waals surface area (Å²) in [6.07, 6.45) is 1.84. The summed E-state index contributed by atoms with van der Waals surface area (Å²) in [5.41, 5.74) is 1.23. The van der Waals surface area contributed by atoms with Crippen molar-refractivity contribution in [1.82, 2.24) is 10.1 Å². The third-order valence-electron chi connectivity index (χ3n) is 2.48. The highest BCUT2D eigenvalue weighted by Gasteiger charge is 2.16. The highest BCUT2D eigenvalue weighted by Crippen LogP contribution is 2.27. The summed E-state index contributed by atoms with van der Waals surface area (Å²) in [5, 5.41) is 17.4. The molecule has 2 aromatic rings. The molecule has 0 aliphatic heterocycles. The van der Waals surface area contributed by atoms with Crippen LogP contribution in [-0.4, -0.2) is 21.6 Å². The molecular weight excluding hydrogens is 236 g/mol. The van der Waals surface area contributed by atoms with Crippen LogP contribution in [-0.2, 0) is 6.42 Å². The number of benzene rings is 1. The number of para-hydroxylation sites is 1. The molecule has 0 spiro atoms. The van der Waals surface area contributed by atoms with E-state index >= 15 is 0 Å². The molecular formula is C11H12N4O3. The molecule has 1 aromatic carbocycles. The van der Waals surface area contributed by atoms with E-state index in [2.05, 4.69) is 15.5 Å². The normalized spacial score (nSPS) is 10.3. The van der Waals surface area contributed by atoms with Crippen molar-refractivity contribution < 1.29 is 9.45 Å². The molecule has 7 nitrogen and oxygen atoms in total. The van der Waals surface area contributed by atoms with Gasteiger partial charge in [0.1, 0.15) is 5.69 Å². The summed E-state index contributed by atoms with van der Waals surface area (Å²) < 4.78 is 4.84. The van der Waals surface area contributed by atoms with Crippen LogP contribution >= 0.6 is 0 Å². The van der Waals surface area contributed by atoms with E-state index in [0.717, 1.165) is 0 Å². The van der Waals surface area contributed by atoms with Gasteiger partial charge in [0.15, 0.2) is 6.33 Å². The summed E-state index contributed by atoms with van der Waals surface area (Å²) in [5.74, 6) is 0.498. The molecule has 0 saturated heterocycles. The van der Waals surface area contributed by atoms with E-state index < -0.39 is 0 Å². The highest BCUT2D eigenvalue weighted by atomic mass is 16.6. The molecule has 2 rings (SSSR count). The van der Waals surface area contributed by atoms with E-state index in [0.29, 0.717) is 30.1 Å². The maximum Gasteiger partial charge on any atom is 0.295 e. The molecule has 0 bridgehead atoms. The van der Waals surface area contributed by atoms with E-state index in [1.807, 2.05) is 0 Å². The van der Waals surface area contributed by atoms with Crippen molar-refractivity contribution in [3.8, 4) is 0 Å². The summed E-state index contributed by atoms with van der Waals surface area (Å²) in [4.78, 5) is 14.4. The van der Waals surface area contributed by atoms with Crippen molar-refractivity contribution in [3.63, 3.8) is 0 Å². The lowest BCUT2D eigenvalue weighted by Gasteiger charge is -2.07. The lowest BCUT2D eigenvalue weighted by Crippen LogP contribution is -2.07. The molecule has 7 heteroatoms. The van der Waals surface area contributed by atoms with Crippen LogP contribution < -0.4 is 5.32 Å². The SMILES string of the molecule is Cc1cccc(NCCc2ncno2)c1[N+](=O)[O-]. The van der Waals surface area contributed by atoms with Crippen LogP contribution in [0.5, 0.6) is 0 Å². The molecule has 0 amide bonds. The predicted octanol–water partition coefficient (Wildman–Crippen LogP) is 1.94. The minimum Gasteiger partial charge on any atom is -0.379 e. The minimum absolute atomic E-state index is 0.100. The molecule has 1 N–H and O–H groups in total. The largest absolute Gasteiger partial charge is 0.379 e. The van der Waals surface area contributed by atoms with Crippen molar-refractivity contribution in [2.75, 3.05) is 11.9 Å². The zero-order chi connectivity index (χ0) is 13.0. The Balaban J connectivity index is 2.05. The third-order valence-corrected chi connectivity index (χ3v) is 2.48. The van der Waals surface area contributed by atoms with Gasteiger partial charge in [0.05, 0.1) is 4.92 Å². The highest BCUT2D eigenvalue weighted by molar-refractivity contribution is 5.64. The number of nitrogens with zero attached hydrogens (tertiary/aromatic N) is 3. The number of nitro groups is 1. The molecule has 0 aliphatic rings. The fraction of sp³-hybridized carbons (Fsp3) is 0.273. The molecule has 0 radical (unpaired) electrons. The monoisotopic (exact) mass is 248 g/mol. The molecule has 0 saturated carbocycles. The molecule has 0 atom stereocenters. The second kappa shape index (κ2) is 5.26. The maximum absolute atomic E-state index is 11.0. The number of rotatable bonds is 5. The van der Waals surface area contributed by atoms with Crippen LogP contribution in [0.1, 0.15) is 11.5 Å². The summed E-state index contributed by atoms with van der Waals surface area (Å²) in [6, 6.07) is 5.16. The Morgan fingerprint density at radius 2 is 2.33 bits per heavy atom. The van der Waals surface area contributed by atoms with Gasteiger partial charge in [-0.05, 0) is 13.0 Å². The fourth-order valence-corrected chi connectivity index (χ4v) is 1.65. The fourth-order valence-electron chi connectivity index (χ4n) is 1.65. The van der Waals surface area contributed by atoms with Crippen LogP contribution in [0.15, 0.2) is 29.0 Å². The number of aryl methyl sites for hydroxylation is 1. The van der Waals surface area contributed by atoms with Gasteiger partial charge in [-0.15, -0.1) is 0 Å². The Morgan fingerprint density at radius 1 is 1.50 bits per heavy atom. The lowest BCUT2D eigenvalue weighted by molar-refractivity contribution is -0.384. The van der Waals surface area contributed by atoms with Gasteiger partial charge < -0.3 is 9.84 Å². The standard InChI is InChI=1S/C11H12N4O3/c1-8-3-2-4-9(11(8)15(16)17)12-6-5-10-13-7-14-18-10/h2-4,7,12H,5-6H2,1H3. The van der Waals surface area contributed by atoms with Crippen molar-refractivity contribution in [1.29, 1.82) is 0 Å². The van der Waals surface area contributed by atoms with E-state index in [1.54, 1.807) is 25.1 Å². The Hall–Kier alpha value is -2.44. The average molecular weight is 248 g/mol. The zero-order valence-electron chi connectivity index (χ0n) is 9.79. The van der Waals surface area contributed by atoms with Gasteiger partial charge >= 0.3 is 0 Å². The third kappa shape index (κ3) is 2.62. The number of hydrogen-bond donors (Lipinski definition) is 1. The van der Waals surface area contributed by atoms with Crippen molar-refractivity contribution >= 4 is 11.4 Å². The molecule has 1 heterocycles. The van der Waals surface area contributed by atoms with Crippen molar-refractivity contribution in [3.05, 3.63) is 46.1 Å². The Bertz CT molecular complexity index is 539. The average Bonchev–Trinajstić information content (AvgIpc) is 2.81. The molecule has 1 aromatic heterocycles. The number of aromatic nitrogens is 2. The van der Waals surface area contributed by atoms with Gasteiger partial charge in [0.2, 0.25) is 5.89 Å². The lowest BCUT2D eigenvalue weighted by atomic mass is 10.1. The number of hydrogen-bond acceptors (Lipinski definition) is 6. The Kier molecular flexibility index (Phi) is 3.52. The molecule has 0 aliphatic carbocycles. The zero-order valence-corrected chi connectivity index (χ0v) is 9.79. The minimum atomic E-state index is -0.385. The smallest absolute Gasteiger partial charge is 0.295 e. The van der Waals surface area contributed by atoms with E-state index in [-0.39, 0.29) is 10.6 Å². The van der Waals surface area contributed by atoms with Crippen molar-refractivity contribution in [2.45, 2.75) is 13.3 Å². The topological polar surface area (TPSA) is 94.1 Å². The van der Waals surface area contributed by atoms with Gasteiger partial charge in [-0.25, -0.2) is 0 Å². The first-order chi connectivity index (χ1) is 8.68. The first-order valence-corrected chi connectivity index (χ1v) is 5.42. The molecule has 0 unspecified atom stereocenters. The van der Waals surface area contributed by atoms with Gasteiger partial charge in [-0.3, -0.25) is 10.1 Å². The van der Waals surface area contributed by atoms with E-state index in [1.165, 1.54) is 6.33 Å². The first-order valence-electron chi connectivity index (χ1n) is 5.42. The summed E-state index contributed by atoms with van der Waals surface area (Å²) >= 11 is 0. The van der Waals surface area contributed by atoms with Crippen LogP contribution in [0, 0.1) is 17.0 Å². The first kappa shape index (κ1) is 12.0. The number of anilines is 1. The van der Waals surface area contributed by atoms with Crippen LogP contribution in [0.4, 0.5) is 11.4 Å². The van der Waals surface area contributed by atoms with Crippen LogP contribution in [0.25, 0.3) is 0 Å². The Labute approximate surface area is 103 Å². The van der Waals surface area contributed by atoms with Gasteiger partial charge in [0.25, 0.3) is 5.69 Å². The summed E-state index contributed by atoms with van der Waals surface area (Å²) in [7, 11) is 0. The second-order valence-electron chi connectivity index (χ2n) is 3.74. The second-order valence-corrected chi connectivity index (χ2v) is 3.74. The Morgan fingerprint density at radius 3 is 3.00 bits per heavy atom. The predicted molar refractivity (Wildman–Crippen MR) is 64.3 cm³/mol. The molecule has 18 heavy (non-hydrogen) atoms. The van der Waals surface area contributed by atoms with Crippen LogP contribution in [0.3, 0.4) is 0 Å². The van der Waals surface area contributed by atoms with Gasteiger partial charge in [-0.1, -0.05) is 17.3 Å². The van der Waals surface area contributed by atoms with Crippen molar-refractivity contribution in [2.24, 2.45) is 0 Å². The molecule has 0 fully saturated rings.